The van der Waals surface area contributed by atoms with Crippen molar-refractivity contribution in [1.82, 2.24) is 56.0 Å². The van der Waals surface area contributed by atoms with Crippen LogP contribution in [0.5, 0.6) is 0 Å². The van der Waals surface area contributed by atoms with Crippen molar-refractivity contribution >= 4 is 65.0 Å². The maximum absolute atomic E-state index is 15.2. The fourth-order valence-corrected chi connectivity index (χ4v) is 11.3. The van der Waals surface area contributed by atoms with Crippen molar-refractivity contribution in [2.75, 3.05) is 42.3 Å². The average Bonchev–Trinajstić information content (AvgIpc) is 3.55. The summed E-state index contributed by atoms with van der Waals surface area (Å²) in [6, 6.07) is -14.6. The number of hydrogen-bond acceptors (Lipinski definition) is 13. The second kappa shape index (κ2) is 36.5. The third-order valence-corrected chi connectivity index (χ3v) is 16.8. The normalized spacial score (nSPS) is 27.8. The molecule has 0 saturated carbocycles. The molecule has 2 unspecified atom stereocenters. The first-order valence-electron chi connectivity index (χ1n) is 31.8. The van der Waals surface area contributed by atoms with E-state index in [1.54, 1.807) is 53.7 Å². The van der Waals surface area contributed by atoms with E-state index in [4.69, 9.17) is 0 Å². The summed E-state index contributed by atoms with van der Waals surface area (Å²) in [7, 11) is 8.25. The zero-order valence-electron chi connectivity index (χ0n) is 57.7. The standard InChI is InChI=1S/C64H115N11O13/c1-25-28-29-40(15)53(77)52-58(82)69-49(43(18)76)63(87)70(19)46(27-3)62(86)74(23)51(39(14)26-2)57(81)68-44(30-34(4)5)60(84)72(21)47(32-36(8)9)55(79)65-41(16)54(78)66-42(17)59(83)71(20)48(33-37(10)11)56(80)67-45(31-35(6)7)61(85)73(22)50(38(12)13)64(88)75(52)24/h25,28,34-53,76-77H,26-27,29-33H2,1-24H3,(H,65,79)(H,66,78)(H,67,80)(H,68,81)(H,69,82)/t39?,40-,41+,42-,43?,44+,45+,46-,47+,48+,49+,50+,51+,52+,53-/m1/s1. The summed E-state index contributed by atoms with van der Waals surface area (Å²) in [6.07, 6.45) is 1.45. The summed E-state index contributed by atoms with van der Waals surface area (Å²) in [5.74, 6) is -10.7. The Labute approximate surface area is 526 Å². The molecule has 24 heteroatoms. The first kappa shape index (κ1) is 79.8. The highest BCUT2D eigenvalue weighted by Gasteiger charge is 2.46. The van der Waals surface area contributed by atoms with Crippen LogP contribution in [-0.2, 0) is 52.7 Å². The van der Waals surface area contributed by atoms with E-state index >= 15 is 4.79 Å². The van der Waals surface area contributed by atoms with E-state index in [0.29, 0.717) is 6.42 Å². The molecule has 0 spiro atoms. The minimum Gasteiger partial charge on any atom is -0.391 e. The lowest BCUT2D eigenvalue weighted by Crippen LogP contribution is -2.65. The molecule has 88 heavy (non-hydrogen) atoms. The third kappa shape index (κ3) is 22.1. The minimum absolute atomic E-state index is 0.00211. The minimum atomic E-state index is -1.76. The van der Waals surface area contributed by atoms with E-state index in [0.717, 1.165) is 9.80 Å². The van der Waals surface area contributed by atoms with Crippen molar-refractivity contribution in [2.45, 2.75) is 248 Å². The molecule has 7 N–H and O–H groups in total. The highest BCUT2D eigenvalue weighted by atomic mass is 16.3. The Morgan fingerprint density at radius 3 is 1.26 bits per heavy atom. The number of amides is 11. The van der Waals surface area contributed by atoms with Gasteiger partial charge in [0.2, 0.25) is 65.0 Å². The Morgan fingerprint density at radius 2 is 0.830 bits per heavy atom. The number of aliphatic hydroxyl groups excluding tert-OH is 2. The Balaban J connectivity index is 4.44. The van der Waals surface area contributed by atoms with Crippen LogP contribution in [0.4, 0.5) is 0 Å². The summed E-state index contributed by atoms with van der Waals surface area (Å²) in [5, 5.41) is 37.2. The van der Waals surface area contributed by atoms with Crippen molar-refractivity contribution in [1.29, 1.82) is 0 Å². The molecule has 0 radical (unpaired) electrons. The molecule has 11 amide bonds. The van der Waals surface area contributed by atoms with Gasteiger partial charge in [-0.15, -0.1) is 0 Å². The van der Waals surface area contributed by atoms with Crippen LogP contribution in [0.1, 0.15) is 170 Å². The van der Waals surface area contributed by atoms with Crippen LogP contribution >= 0.6 is 0 Å². The Bertz CT molecular complexity index is 2400. The highest BCUT2D eigenvalue weighted by molar-refractivity contribution is 6.00. The van der Waals surface area contributed by atoms with Crippen LogP contribution in [0, 0.1) is 41.4 Å². The van der Waals surface area contributed by atoms with Crippen LogP contribution in [0.2, 0.25) is 0 Å². The molecule has 0 bridgehead atoms. The number of nitrogens with zero attached hydrogens (tertiary/aromatic N) is 6. The van der Waals surface area contributed by atoms with Crippen LogP contribution in [-0.4, -0.2) is 226 Å². The zero-order chi connectivity index (χ0) is 68.3. The van der Waals surface area contributed by atoms with Gasteiger partial charge in [0.15, 0.2) is 0 Å². The number of rotatable bonds is 17. The first-order valence-corrected chi connectivity index (χ1v) is 31.8. The van der Waals surface area contributed by atoms with Gasteiger partial charge in [-0.05, 0) is 108 Å². The number of carbonyl (C=O) groups is 11. The third-order valence-electron chi connectivity index (χ3n) is 16.8. The largest absolute Gasteiger partial charge is 0.391 e. The Hall–Kier alpha value is -6.17. The number of allylic oxidation sites excluding steroid dienone is 2. The first-order chi connectivity index (χ1) is 40.7. The molecule has 1 fully saturated rings. The van der Waals surface area contributed by atoms with Crippen LogP contribution in [0.25, 0.3) is 0 Å². The number of aliphatic hydroxyl groups is 2. The van der Waals surface area contributed by atoms with E-state index in [-0.39, 0.29) is 62.2 Å². The molecule has 1 saturated heterocycles. The Kier molecular flexibility index (Phi) is 33.1. The van der Waals surface area contributed by atoms with E-state index in [9.17, 15) is 58.2 Å². The monoisotopic (exact) mass is 1250 g/mol. The zero-order valence-corrected chi connectivity index (χ0v) is 57.7. The summed E-state index contributed by atoms with van der Waals surface area (Å²) in [5.41, 5.74) is 0. The van der Waals surface area contributed by atoms with Crippen LogP contribution in [0.15, 0.2) is 12.2 Å². The van der Waals surface area contributed by atoms with Crippen molar-refractivity contribution < 1.29 is 63.0 Å². The van der Waals surface area contributed by atoms with Gasteiger partial charge in [-0.25, -0.2) is 0 Å². The van der Waals surface area contributed by atoms with Gasteiger partial charge in [-0.2, -0.15) is 0 Å². The lowest BCUT2D eigenvalue weighted by Gasteiger charge is -2.40. The Morgan fingerprint density at radius 1 is 0.432 bits per heavy atom. The van der Waals surface area contributed by atoms with Gasteiger partial charge in [-0.1, -0.05) is 116 Å². The average molecular weight is 1250 g/mol. The fourth-order valence-electron chi connectivity index (χ4n) is 11.3. The van der Waals surface area contributed by atoms with Gasteiger partial charge in [0.1, 0.15) is 66.5 Å². The van der Waals surface area contributed by atoms with Crippen LogP contribution < -0.4 is 26.6 Å². The molecule has 24 nitrogen and oxygen atoms in total. The highest BCUT2D eigenvalue weighted by Crippen LogP contribution is 2.25. The van der Waals surface area contributed by atoms with Gasteiger partial charge >= 0.3 is 0 Å². The molecule has 1 aliphatic heterocycles. The second-order valence-electron chi connectivity index (χ2n) is 26.7. The predicted molar refractivity (Wildman–Crippen MR) is 339 cm³/mol. The molecular formula is C64H115N11O13. The van der Waals surface area contributed by atoms with Gasteiger partial charge in [-0.3, -0.25) is 52.7 Å². The van der Waals surface area contributed by atoms with E-state index in [1.165, 1.54) is 82.7 Å². The predicted octanol–water partition coefficient (Wildman–Crippen LogP) is 3.07. The van der Waals surface area contributed by atoms with Crippen molar-refractivity contribution in [3.63, 3.8) is 0 Å². The van der Waals surface area contributed by atoms with Crippen molar-refractivity contribution in [3.8, 4) is 0 Å². The second-order valence-corrected chi connectivity index (χ2v) is 26.7. The van der Waals surface area contributed by atoms with E-state index in [2.05, 4.69) is 26.6 Å². The van der Waals surface area contributed by atoms with Gasteiger partial charge in [0, 0.05) is 42.3 Å². The fraction of sp³-hybridized carbons (Fsp3) is 0.797. The topological polar surface area (TPSA) is 308 Å². The molecule has 1 heterocycles. The maximum atomic E-state index is 15.2. The lowest BCUT2D eigenvalue weighted by molar-refractivity contribution is -0.155. The van der Waals surface area contributed by atoms with Crippen molar-refractivity contribution in [3.05, 3.63) is 12.2 Å². The smallest absolute Gasteiger partial charge is 0.248 e. The van der Waals surface area contributed by atoms with E-state index in [1.807, 2.05) is 62.3 Å². The molecule has 1 rings (SSSR count). The molecule has 0 aromatic heterocycles. The molecule has 0 aliphatic carbocycles. The molecular weight excluding hydrogens is 1130 g/mol. The van der Waals surface area contributed by atoms with Gasteiger partial charge < -0.3 is 66.2 Å². The molecule has 1 aliphatic rings. The number of likely N-dealkylation sites (N-methyl/N-ethyl adjacent to an activating group) is 6. The van der Waals surface area contributed by atoms with Gasteiger partial charge in [0.25, 0.3) is 0 Å². The quantitative estimate of drug-likeness (QED) is 0.103. The summed E-state index contributed by atoms with van der Waals surface area (Å²) >= 11 is 0. The number of hydrogen-bond donors (Lipinski definition) is 7. The molecule has 504 valence electrons. The van der Waals surface area contributed by atoms with Crippen LogP contribution in [0.3, 0.4) is 0 Å². The lowest BCUT2D eigenvalue weighted by atomic mass is 9.91. The summed E-state index contributed by atoms with van der Waals surface area (Å²) in [6.45, 7) is 31.0. The van der Waals surface area contributed by atoms with E-state index < -0.39 is 161 Å². The molecule has 15 atom stereocenters. The molecule has 0 aromatic rings. The number of carbonyl (C=O) groups excluding carboxylic acids is 11. The molecule has 0 aromatic carbocycles. The summed E-state index contributed by atoms with van der Waals surface area (Å²) < 4.78 is 0. The van der Waals surface area contributed by atoms with Crippen molar-refractivity contribution in [2.24, 2.45) is 41.4 Å². The summed E-state index contributed by atoms with van der Waals surface area (Å²) in [4.78, 5) is 168. The number of nitrogens with one attached hydrogen (secondary N) is 5. The SMILES string of the molecule is CC=CC[C@@H](C)[C@@H](O)[C@H]1C(=O)N[C@@H](C(C)O)C(=O)N(C)[C@H](CC)C(=O)N(C)[C@@H](C(C)CC)C(=O)N[C@@H](CC(C)C)C(=O)N(C)[C@@H](CC(C)C)C(=O)N[C@@H](C)C(=O)N[C@H](C)C(=O)N(C)[C@@H](CC(C)C)C(=O)N[C@@H](CC(C)C)C(=O)N(C)[C@@H](C(C)C)C(=O)N1C. The maximum Gasteiger partial charge on any atom is 0.248 e. The van der Waals surface area contributed by atoms with Gasteiger partial charge in [0.05, 0.1) is 12.2 Å².